The Morgan fingerprint density at radius 1 is 1.32 bits per heavy atom. The molecule has 1 unspecified atom stereocenters. The lowest BCUT2D eigenvalue weighted by atomic mass is 10.0. The molecule has 2 N–H and O–H groups in total. The molecule has 6 heteroatoms. The molecule has 5 nitrogen and oxygen atoms in total. The highest BCUT2D eigenvalue weighted by molar-refractivity contribution is 6.67. The smallest absolute Gasteiger partial charge is 0.342 e. The van der Waals surface area contributed by atoms with Crippen molar-refractivity contribution in [2.45, 2.75) is 25.4 Å². The Labute approximate surface area is 133 Å². The lowest BCUT2D eigenvalue weighted by Gasteiger charge is -2.32. The first kappa shape index (κ1) is 18.4. The van der Waals surface area contributed by atoms with E-state index in [4.69, 9.17) is 19.3 Å². The minimum absolute atomic E-state index is 0.102. The third kappa shape index (κ3) is 4.19. The van der Waals surface area contributed by atoms with Gasteiger partial charge in [0, 0.05) is 25.8 Å². The molecule has 1 rings (SSSR count). The van der Waals surface area contributed by atoms with Crippen molar-refractivity contribution in [1.82, 2.24) is 0 Å². The van der Waals surface area contributed by atoms with Crippen LogP contribution in [0.15, 0.2) is 24.3 Å². The Hall–Kier alpha value is -1.63. The van der Waals surface area contributed by atoms with Crippen LogP contribution in [0.4, 0.5) is 0 Å². The number of nitrogens with two attached hydrogens (primary N) is 1. The zero-order chi connectivity index (χ0) is 16.8. The molecule has 1 aromatic carbocycles. The Morgan fingerprint density at radius 2 is 1.95 bits per heavy atom. The fourth-order valence-corrected chi connectivity index (χ4v) is 4.84. The third-order valence-corrected chi connectivity index (χ3v) is 7.55. The van der Waals surface area contributed by atoms with Crippen LogP contribution in [0, 0.1) is 0 Å². The Bertz CT molecular complexity index is 541. The fourth-order valence-electron chi connectivity index (χ4n) is 2.55. The van der Waals surface area contributed by atoms with Crippen LogP contribution in [-0.4, -0.2) is 35.8 Å². The van der Waals surface area contributed by atoms with E-state index in [1.807, 2.05) is 24.7 Å². The van der Waals surface area contributed by atoms with Gasteiger partial charge in [0.25, 0.3) is 0 Å². The van der Waals surface area contributed by atoms with Crippen LogP contribution < -0.4 is 10.5 Å². The van der Waals surface area contributed by atoms with Gasteiger partial charge in [-0.1, -0.05) is 13.0 Å². The predicted octanol–water partition coefficient (Wildman–Crippen LogP) is 2.59. The lowest BCUT2D eigenvalue weighted by molar-refractivity contribution is -0.113. The van der Waals surface area contributed by atoms with Gasteiger partial charge in [-0.05, 0) is 42.3 Å². The van der Waals surface area contributed by atoms with Gasteiger partial charge in [0.1, 0.15) is 5.75 Å². The molecule has 0 aromatic heterocycles. The first-order chi connectivity index (χ1) is 10.4. The summed E-state index contributed by atoms with van der Waals surface area (Å²) in [6.45, 7) is 4.12. The van der Waals surface area contributed by atoms with E-state index in [9.17, 15) is 4.79 Å². The number of benzene rings is 1. The fraction of sp³-hybridized carbons (Fsp3) is 0.438. The summed E-state index contributed by atoms with van der Waals surface area (Å²) in [7, 11) is 2.59. The van der Waals surface area contributed by atoms with E-state index < -0.39 is 14.5 Å². The summed E-state index contributed by atoms with van der Waals surface area (Å²) in [5.74, 6) is 0.279. The maximum absolute atomic E-state index is 11.0. The number of rotatable bonds is 8. The van der Waals surface area contributed by atoms with Crippen LogP contribution in [0.1, 0.15) is 30.0 Å². The maximum Gasteiger partial charge on any atom is 0.342 e. The second kappa shape index (κ2) is 8.12. The van der Waals surface area contributed by atoms with Crippen LogP contribution >= 0.6 is 0 Å². The summed E-state index contributed by atoms with van der Waals surface area (Å²) in [5.41, 5.74) is 7.26. The maximum atomic E-state index is 11.0. The van der Waals surface area contributed by atoms with Gasteiger partial charge in [0.2, 0.25) is 5.91 Å². The average Bonchev–Trinajstić information content (AvgIpc) is 2.53. The van der Waals surface area contributed by atoms with Crippen molar-refractivity contribution < 1.29 is 18.4 Å². The standard InChI is InChI=1S/C16H25NO4Si/c1-6-15(22(5,20-3)21-4)14-11-13(19-2)9-7-12(14)8-10-16(17)18/h7-11,15H,6H2,1-5H3,(H2,17,18)/b10-8+. The largest absolute Gasteiger partial charge is 0.497 e. The van der Waals surface area contributed by atoms with Gasteiger partial charge in [-0.25, -0.2) is 0 Å². The van der Waals surface area contributed by atoms with Crippen molar-refractivity contribution in [2.75, 3.05) is 21.3 Å². The quantitative estimate of drug-likeness (QED) is 0.589. The second-order valence-electron chi connectivity index (χ2n) is 5.12. The Morgan fingerprint density at radius 3 is 2.41 bits per heavy atom. The van der Waals surface area contributed by atoms with Crippen molar-refractivity contribution in [3.05, 3.63) is 35.4 Å². The molecule has 0 radical (unpaired) electrons. The molecule has 0 bridgehead atoms. The van der Waals surface area contributed by atoms with E-state index >= 15 is 0 Å². The van der Waals surface area contributed by atoms with Gasteiger partial charge in [0.15, 0.2) is 0 Å². The van der Waals surface area contributed by atoms with E-state index in [1.165, 1.54) is 6.08 Å². The van der Waals surface area contributed by atoms with E-state index in [1.54, 1.807) is 27.4 Å². The van der Waals surface area contributed by atoms with Crippen LogP contribution in [0.25, 0.3) is 6.08 Å². The normalized spacial score (nSPS) is 13.3. The van der Waals surface area contributed by atoms with Gasteiger partial charge >= 0.3 is 8.56 Å². The first-order valence-electron chi connectivity index (χ1n) is 7.17. The highest BCUT2D eigenvalue weighted by Crippen LogP contribution is 2.35. The van der Waals surface area contributed by atoms with Gasteiger partial charge in [-0.2, -0.15) is 0 Å². The molecule has 22 heavy (non-hydrogen) atoms. The van der Waals surface area contributed by atoms with Gasteiger partial charge < -0.3 is 19.3 Å². The molecule has 0 aliphatic heterocycles. The zero-order valence-electron chi connectivity index (χ0n) is 13.9. The van der Waals surface area contributed by atoms with Crippen LogP contribution in [0.3, 0.4) is 0 Å². The minimum atomic E-state index is -2.40. The molecule has 0 saturated carbocycles. The number of hydrogen-bond donors (Lipinski definition) is 1. The summed E-state index contributed by atoms with van der Waals surface area (Å²) in [5, 5.41) is 0. The monoisotopic (exact) mass is 323 g/mol. The summed E-state index contributed by atoms with van der Waals surface area (Å²) < 4.78 is 16.7. The van der Waals surface area contributed by atoms with E-state index in [0.717, 1.165) is 23.3 Å². The van der Waals surface area contributed by atoms with Crippen LogP contribution in [-0.2, 0) is 13.6 Å². The topological polar surface area (TPSA) is 70.8 Å². The first-order valence-corrected chi connectivity index (χ1v) is 9.57. The molecule has 0 aliphatic carbocycles. The highest BCUT2D eigenvalue weighted by Gasteiger charge is 2.40. The molecule has 0 heterocycles. The van der Waals surface area contributed by atoms with Gasteiger partial charge in [-0.15, -0.1) is 0 Å². The third-order valence-electron chi connectivity index (χ3n) is 3.95. The Kier molecular flexibility index (Phi) is 6.80. The number of ether oxygens (including phenoxy) is 1. The van der Waals surface area contributed by atoms with E-state index in [-0.39, 0.29) is 5.54 Å². The number of primary amides is 1. The van der Waals surface area contributed by atoms with Gasteiger partial charge in [-0.3, -0.25) is 4.79 Å². The summed E-state index contributed by atoms with van der Waals surface area (Å²) in [4.78, 5) is 11.0. The molecule has 0 spiro atoms. The van der Waals surface area contributed by atoms with Crippen LogP contribution in [0.5, 0.6) is 5.75 Å². The molecule has 0 fully saturated rings. The van der Waals surface area contributed by atoms with Crippen molar-refractivity contribution in [2.24, 2.45) is 5.73 Å². The highest BCUT2D eigenvalue weighted by atomic mass is 28.4. The molecule has 1 atom stereocenters. The van der Waals surface area contributed by atoms with E-state index in [0.29, 0.717) is 0 Å². The average molecular weight is 323 g/mol. The van der Waals surface area contributed by atoms with E-state index in [2.05, 4.69) is 6.92 Å². The van der Waals surface area contributed by atoms with Crippen molar-refractivity contribution in [3.8, 4) is 5.75 Å². The number of amides is 1. The number of methoxy groups -OCH3 is 1. The molecular weight excluding hydrogens is 298 g/mol. The summed E-state index contributed by atoms with van der Waals surface area (Å²) >= 11 is 0. The predicted molar refractivity (Wildman–Crippen MR) is 89.9 cm³/mol. The SMILES string of the molecule is CCC(c1cc(OC)ccc1/C=C/C(N)=O)[Si](C)(OC)OC. The molecule has 122 valence electrons. The lowest BCUT2D eigenvalue weighted by Crippen LogP contribution is -2.43. The van der Waals surface area contributed by atoms with Crippen molar-refractivity contribution >= 4 is 20.5 Å². The van der Waals surface area contributed by atoms with Crippen molar-refractivity contribution in [3.63, 3.8) is 0 Å². The summed E-state index contributed by atoms with van der Waals surface area (Å²) in [6, 6.07) is 5.74. The molecule has 1 aromatic rings. The van der Waals surface area contributed by atoms with Crippen molar-refractivity contribution in [1.29, 1.82) is 0 Å². The zero-order valence-corrected chi connectivity index (χ0v) is 14.9. The second-order valence-corrected chi connectivity index (χ2v) is 8.66. The summed E-state index contributed by atoms with van der Waals surface area (Å²) in [6.07, 6.45) is 3.94. The molecule has 0 saturated heterocycles. The Balaban J connectivity index is 3.41. The number of carbonyl (C=O) groups excluding carboxylic acids is 1. The number of hydrogen-bond acceptors (Lipinski definition) is 4. The molecular formula is C16H25NO4Si. The van der Waals surface area contributed by atoms with Crippen LogP contribution in [0.2, 0.25) is 6.55 Å². The molecule has 0 aliphatic rings. The van der Waals surface area contributed by atoms with Gasteiger partial charge in [0.05, 0.1) is 7.11 Å². The number of carbonyl (C=O) groups is 1. The minimum Gasteiger partial charge on any atom is -0.497 e. The molecule has 1 amide bonds.